The van der Waals surface area contributed by atoms with E-state index in [0.717, 1.165) is 27.4 Å². The van der Waals surface area contributed by atoms with Crippen molar-refractivity contribution >= 4 is 44.2 Å². The number of carbonyl (C=O) groups excluding carboxylic acids is 1. The van der Waals surface area contributed by atoms with Crippen molar-refractivity contribution in [3.63, 3.8) is 0 Å². The lowest BCUT2D eigenvalue weighted by atomic mass is 9.97. The van der Waals surface area contributed by atoms with Crippen LogP contribution in [0.4, 0.5) is 14.5 Å². The summed E-state index contributed by atoms with van der Waals surface area (Å²) in [5.41, 5.74) is 5.78. The Morgan fingerprint density at radius 1 is 1.02 bits per heavy atom. The normalized spacial score (nSPS) is 12.7. The highest BCUT2D eigenvalue weighted by Crippen LogP contribution is 2.42. The van der Waals surface area contributed by atoms with Crippen LogP contribution in [0.3, 0.4) is 0 Å². The molecule has 10 heteroatoms. The maximum atomic E-state index is 14.5. The Hall–Kier alpha value is -4.83. The third-order valence-electron chi connectivity index (χ3n) is 7.84. The molecule has 1 amide bonds. The molecule has 0 saturated heterocycles. The van der Waals surface area contributed by atoms with E-state index in [1.807, 2.05) is 42.1 Å². The monoisotopic (exact) mass is 600 g/mol. The number of sulfonamides is 1. The number of allylic oxidation sites excluding steroid dienone is 1. The molecule has 3 aromatic carbocycles. The quantitative estimate of drug-likeness (QED) is 0.253. The molecule has 1 aliphatic rings. The van der Waals surface area contributed by atoms with Crippen LogP contribution >= 0.6 is 0 Å². The molecule has 0 bridgehead atoms. The second-order valence-electron chi connectivity index (χ2n) is 10.6. The van der Waals surface area contributed by atoms with E-state index < -0.39 is 21.7 Å². The number of halogens is 2. The highest BCUT2D eigenvalue weighted by molar-refractivity contribution is 7.92. The van der Waals surface area contributed by atoms with E-state index in [1.165, 1.54) is 44.4 Å². The van der Waals surface area contributed by atoms with Crippen LogP contribution in [-0.2, 0) is 23.5 Å². The number of carbonyl (C=O) groups is 1. The van der Waals surface area contributed by atoms with Crippen molar-refractivity contribution < 1.29 is 31.0 Å². The topological polar surface area (TPSA) is 83.5 Å². The molecule has 0 atom stereocenters. The fourth-order valence-corrected chi connectivity index (χ4v) is 6.01. The summed E-state index contributed by atoms with van der Waals surface area (Å²) in [4.78, 5) is 13.2. The Kier molecular flexibility index (Phi) is 6.89. The van der Waals surface area contributed by atoms with Gasteiger partial charge in [0.05, 0.1) is 17.5 Å². The zero-order valence-corrected chi connectivity index (χ0v) is 24.7. The minimum Gasteiger partial charge on any atom is -0.455 e. The Bertz CT molecular complexity index is 2080. The highest BCUT2D eigenvalue weighted by Gasteiger charge is 2.28. The third kappa shape index (κ3) is 4.97. The van der Waals surface area contributed by atoms with Gasteiger partial charge < -0.3 is 9.73 Å². The summed E-state index contributed by atoms with van der Waals surface area (Å²) in [6.45, 7) is 0. The molecule has 0 spiro atoms. The summed E-state index contributed by atoms with van der Waals surface area (Å²) in [6.07, 6.45) is 5.35. The van der Waals surface area contributed by atoms with Crippen LogP contribution in [0.15, 0.2) is 77.3 Å². The molecule has 43 heavy (non-hydrogen) atoms. The highest BCUT2D eigenvalue weighted by atomic mass is 32.2. The molecule has 0 saturated carbocycles. The number of aryl methyl sites for hydroxylation is 1. The molecule has 2 aromatic heterocycles. The van der Waals surface area contributed by atoms with Crippen molar-refractivity contribution in [2.24, 2.45) is 7.05 Å². The molecule has 1 aliphatic carbocycles. The van der Waals surface area contributed by atoms with Gasteiger partial charge in [-0.2, -0.15) is 0 Å². The summed E-state index contributed by atoms with van der Waals surface area (Å²) in [7, 11) is 1.14. The lowest BCUT2D eigenvalue weighted by Gasteiger charge is -2.20. The van der Waals surface area contributed by atoms with Gasteiger partial charge in [0.2, 0.25) is 15.7 Å². The molecule has 5 aromatic rings. The summed E-state index contributed by atoms with van der Waals surface area (Å²) < 4.78 is 63.0. The van der Waals surface area contributed by atoms with Crippen LogP contribution in [0.1, 0.15) is 27.2 Å². The van der Waals surface area contributed by atoms with E-state index in [-0.39, 0.29) is 17.1 Å². The standard InChI is InChI=1S/C33H27F2N3O4S/c1-36-33(39)31-26-17-25(21-12-13-37(2)28(16-21)22-14-20-6-5-7-27(35)24(20)15-22)29(38(3)43(4,40)41)18-30(26)42-32(31)19-8-10-23(34)11-9-19/h5-13,15-18H,14H2,1-4H3/p+1. The summed E-state index contributed by atoms with van der Waals surface area (Å²) >= 11 is 0. The first kappa shape index (κ1) is 28.3. The van der Waals surface area contributed by atoms with Crippen LogP contribution in [0, 0.1) is 11.6 Å². The lowest BCUT2D eigenvalue weighted by Crippen LogP contribution is -2.32. The average molecular weight is 601 g/mol. The Labute approximate surface area is 247 Å². The van der Waals surface area contributed by atoms with Crippen LogP contribution in [0.25, 0.3) is 45.1 Å². The van der Waals surface area contributed by atoms with Crippen LogP contribution in [0.5, 0.6) is 0 Å². The number of hydrogen-bond acceptors (Lipinski definition) is 4. The SMILES string of the molecule is CNC(=O)c1c(-c2ccc(F)cc2)oc2cc(N(C)S(C)(=O)=O)c(-c3cc[n+](C)c(C4=Cc5c(F)cccc5C4)c3)cc12. The number of nitrogens with zero attached hydrogens (tertiary/aromatic N) is 2. The number of aromatic nitrogens is 1. The van der Waals surface area contributed by atoms with Gasteiger partial charge in [-0.25, -0.2) is 21.8 Å². The van der Waals surface area contributed by atoms with E-state index in [0.29, 0.717) is 45.3 Å². The molecule has 0 aliphatic heterocycles. The largest absolute Gasteiger partial charge is 0.455 e. The lowest BCUT2D eigenvalue weighted by molar-refractivity contribution is -0.673. The Balaban J connectivity index is 1.59. The molecule has 0 unspecified atom stereocenters. The molecule has 6 rings (SSSR count). The van der Waals surface area contributed by atoms with Crippen LogP contribution in [-0.4, -0.2) is 34.7 Å². The molecular weight excluding hydrogens is 572 g/mol. The van der Waals surface area contributed by atoms with Gasteiger partial charge in [-0.1, -0.05) is 12.1 Å². The van der Waals surface area contributed by atoms with Crippen molar-refractivity contribution in [2.45, 2.75) is 6.42 Å². The minimum absolute atomic E-state index is 0.232. The maximum absolute atomic E-state index is 14.5. The predicted octanol–water partition coefficient (Wildman–Crippen LogP) is 5.72. The molecular formula is C33H28F2N3O4S+. The number of fused-ring (bicyclic) bond motifs is 2. The van der Waals surface area contributed by atoms with Gasteiger partial charge in [0.25, 0.3) is 5.91 Å². The first-order valence-corrected chi connectivity index (χ1v) is 15.3. The van der Waals surface area contributed by atoms with E-state index in [4.69, 9.17) is 4.42 Å². The first-order valence-electron chi connectivity index (χ1n) is 13.5. The van der Waals surface area contributed by atoms with Gasteiger partial charge in [0.15, 0.2) is 6.20 Å². The summed E-state index contributed by atoms with van der Waals surface area (Å²) in [5.74, 6) is -0.899. The molecule has 0 radical (unpaired) electrons. The number of furan rings is 1. The van der Waals surface area contributed by atoms with Gasteiger partial charge in [0, 0.05) is 66.4 Å². The van der Waals surface area contributed by atoms with E-state index in [9.17, 15) is 22.0 Å². The molecule has 0 fully saturated rings. The Morgan fingerprint density at radius 3 is 2.44 bits per heavy atom. The number of nitrogens with one attached hydrogen (secondary N) is 1. The van der Waals surface area contributed by atoms with Crippen molar-refractivity contribution in [3.05, 3.63) is 107 Å². The number of benzene rings is 3. The molecule has 7 nitrogen and oxygen atoms in total. The van der Waals surface area contributed by atoms with Crippen LogP contribution in [0.2, 0.25) is 0 Å². The Morgan fingerprint density at radius 2 is 1.77 bits per heavy atom. The number of amides is 1. The number of rotatable bonds is 6. The van der Waals surface area contributed by atoms with Gasteiger partial charge in [-0.15, -0.1) is 0 Å². The van der Waals surface area contributed by atoms with Crippen molar-refractivity contribution in [2.75, 3.05) is 24.7 Å². The summed E-state index contributed by atoms with van der Waals surface area (Å²) in [6, 6.07) is 17.7. The van der Waals surface area contributed by atoms with Gasteiger partial charge >= 0.3 is 0 Å². The molecule has 1 N–H and O–H groups in total. The van der Waals surface area contributed by atoms with Gasteiger partial charge in [-0.05, 0) is 53.6 Å². The second-order valence-corrected chi connectivity index (χ2v) is 12.6. The fourth-order valence-electron chi connectivity index (χ4n) is 5.51. The van der Waals surface area contributed by atoms with Crippen molar-refractivity contribution in [1.29, 1.82) is 0 Å². The molecule has 2 heterocycles. The van der Waals surface area contributed by atoms with Crippen LogP contribution < -0.4 is 14.2 Å². The first-order chi connectivity index (χ1) is 20.5. The number of hydrogen-bond donors (Lipinski definition) is 1. The number of pyridine rings is 1. The van der Waals surface area contributed by atoms with Gasteiger partial charge in [-0.3, -0.25) is 9.10 Å². The second kappa shape index (κ2) is 10.5. The fraction of sp³-hybridized carbons (Fsp3) is 0.152. The predicted molar refractivity (Wildman–Crippen MR) is 163 cm³/mol. The average Bonchev–Trinajstić information content (AvgIpc) is 3.58. The van der Waals surface area contributed by atoms with E-state index in [1.54, 1.807) is 18.2 Å². The van der Waals surface area contributed by atoms with E-state index in [2.05, 4.69) is 5.32 Å². The van der Waals surface area contributed by atoms with Crippen molar-refractivity contribution in [1.82, 2.24) is 5.32 Å². The number of anilines is 1. The maximum Gasteiger partial charge on any atom is 0.255 e. The zero-order valence-electron chi connectivity index (χ0n) is 23.9. The van der Waals surface area contributed by atoms with Crippen molar-refractivity contribution in [3.8, 4) is 22.5 Å². The third-order valence-corrected chi connectivity index (χ3v) is 9.03. The van der Waals surface area contributed by atoms with E-state index >= 15 is 0 Å². The smallest absolute Gasteiger partial charge is 0.255 e. The molecule has 218 valence electrons. The minimum atomic E-state index is -3.70. The summed E-state index contributed by atoms with van der Waals surface area (Å²) in [5, 5.41) is 3.11. The van der Waals surface area contributed by atoms with Gasteiger partial charge in [0.1, 0.15) is 30.0 Å². The zero-order chi connectivity index (χ0) is 30.6.